The van der Waals surface area contributed by atoms with E-state index < -0.39 is 0 Å². The lowest BCUT2D eigenvalue weighted by molar-refractivity contribution is -0.00743. The molecule has 2 rings (SSSR count). The van der Waals surface area contributed by atoms with Crippen LogP contribution >= 0.6 is 0 Å². The van der Waals surface area contributed by atoms with Crippen LogP contribution in [0.25, 0.3) is 0 Å². The Balaban J connectivity index is 2.03. The fourth-order valence-corrected chi connectivity index (χ4v) is 3.83. The highest BCUT2D eigenvalue weighted by Crippen LogP contribution is 2.35. The zero-order chi connectivity index (χ0) is 13.9. The standard InChI is InChI=1S/C16H32N2O/c1-5-19-11-14(4)18-12-16(8-6-7-9-16)17-10-15(18)13(2)3/h13-15,17H,5-12H2,1-4H3. The highest BCUT2D eigenvalue weighted by atomic mass is 16.5. The lowest BCUT2D eigenvalue weighted by Crippen LogP contribution is -2.66. The molecular weight excluding hydrogens is 236 g/mol. The number of nitrogens with one attached hydrogen (secondary N) is 1. The number of hydrogen-bond donors (Lipinski definition) is 1. The third kappa shape index (κ3) is 3.50. The minimum atomic E-state index is 0.409. The zero-order valence-corrected chi connectivity index (χ0v) is 13.2. The molecule has 0 aromatic rings. The molecule has 1 aliphatic heterocycles. The van der Waals surface area contributed by atoms with E-state index in [0.29, 0.717) is 23.5 Å². The Morgan fingerprint density at radius 2 is 1.95 bits per heavy atom. The number of nitrogens with zero attached hydrogens (tertiary/aromatic N) is 1. The molecule has 2 fully saturated rings. The molecule has 1 saturated heterocycles. The van der Waals surface area contributed by atoms with E-state index in [9.17, 15) is 0 Å². The van der Waals surface area contributed by atoms with Crippen LogP contribution in [0.4, 0.5) is 0 Å². The minimum Gasteiger partial charge on any atom is -0.380 e. The second-order valence-corrected chi connectivity index (χ2v) is 6.86. The van der Waals surface area contributed by atoms with Crippen molar-refractivity contribution in [2.24, 2.45) is 5.92 Å². The van der Waals surface area contributed by atoms with Crippen LogP contribution < -0.4 is 5.32 Å². The first-order valence-electron chi connectivity index (χ1n) is 8.16. The van der Waals surface area contributed by atoms with E-state index in [1.54, 1.807) is 0 Å². The van der Waals surface area contributed by atoms with Gasteiger partial charge < -0.3 is 10.1 Å². The van der Waals surface area contributed by atoms with Crippen molar-refractivity contribution in [3.8, 4) is 0 Å². The first-order valence-corrected chi connectivity index (χ1v) is 8.16. The van der Waals surface area contributed by atoms with E-state index in [1.807, 2.05) is 0 Å². The van der Waals surface area contributed by atoms with Gasteiger partial charge in [-0.3, -0.25) is 4.90 Å². The lowest BCUT2D eigenvalue weighted by atomic mass is 9.88. The summed E-state index contributed by atoms with van der Waals surface area (Å²) in [6, 6.07) is 1.19. The predicted molar refractivity (Wildman–Crippen MR) is 80.5 cm³/mol. The lowest BCUT2D eigenvalue weighted by Gasteiger charge is -2.50. The van der Waals surface area contributed by atoms with Crippen LogP contribution in [0.3, 0.4) is 0 Å². The van der Waals surface area contributed by atoms with Gasteiger partial charge in [-0.05, 0) is 32.6 Å². The minimum absolute atomic E-state index is 0.409. The molecule has 0 amide bonds. The molecule has 0 radical (unpaired) electrons. The van der Waals surface area contributed by atoms with Crippen molar-refractivity contribution in [3.05, 3.63) is 0 Å². The van der Waals surface area contributed by atoms with E-state index in [1.165, 1.54) is 32.2 Å². The molecule has 0 bridgehead atoms. The van der Waals surface area contributed by atoms with Gasteiger partial charge in [0.2, 0.25) is 0 Å². The quantitative estimate of drug-likeness (QED) is 0.829. The summed E-state index contributed by atoms with van der Waals surface area (Å²) >= 11 is 0. The van der Waals surface area contributed by atoms with Crippen molar-refractivity contribution in [3.63, 3.8) is 0 Å². The fourth-order valence-electron chi connectivity index (χ4n) is 3.83. The molecule has 1 aliphatic carbocycles. The highest BCUT2D eigenvalue weighted by molar-refractivity contribution is 5.02. The van der Waals surface area contributed by atoms with Crippen molar-refractivity contribution in [2.45, 2.75) is 71.0 Å². The molecule has 2 aliphatic rings. The van der Waals surface area contributed by atoms with Gasteiger partial charge in [-0.15, -0.1) is 0 Å². The monoisotopic (exact) mass is 268 g/mol. The summed E-state index contributed by atoms with van der Waals surface area (Å²) in [6.07, 6.45) is 5.51. The Morgan fingerprint density at radius 3 is 2.53 bits per heavy atom. The topological polar surface area (TPSA) is 24.5 Å². The smallest absolute Gasteiger partial charge is 0.0619 e. The SMILES string of the molecule is CCOCC(C)N1CC2(CCCC2)NCC1C(C)C. The largest absolute Gasteiger partial charge is 0.380 e. The Bertz CT molecular complexity index is 274. The van der Waals surface area contributed by atoms with Crippen molar-refractivity contribution >= 4 is 0 Å². The molecule has 2 unspecified atom stereocenters. The zero-order valence-electron chi connectivity index (χ0n) is 13.2. The summed E-state index contributed by atoms with van der Waals surface area (Å²) in [4.78, 5) is 2.72. The first kappa shape index (κ1) is 15.3. The van der Waals surface area contributed by atoms with Crippen LogP contribution in [0, 0.1) is 5.92 Å². The number of ether oxygens (including phenoxy) is 1. The van der Waals surface area contributed by atoms with Crippen LogP contribution in [0.15, 0.2) is 0 Å². The fraction of sp³-hybridized carbons (Fsp3) is 1.00. The van der Waals surface area contributed by atoms with Gasteiger partial charge in [-0.25, -0.2) is 0 Å². The van der Waals surface area contributed by atoms with Gasteiger partial charge in [0.15, 0.2) is 0 Å². The molecule has 0 aromatic carbocycles. The third-order valence-corrected chi connectivity index (χ3v) is 5.06. The van der Waals surface area contributed by atoms with Crippen molar-refractivity contribution in [1.82, 2.24) is 10.2 Å². The molecule has 3 heteroatoms. The number of hydrogen-bond acceptors (Lipinski definition) is 3. The summed E-state index contributed by atoms with van der Waals surface area (Å²) < 4.78 is 5.67. The van der Waals surface area contributed by atoms with Gasteiger partial charge in [-0.2, -0.15) is 0 Å². The maximum atomic E-state index is 5.67. The number of rotatable bonds is 5. The van der Waals surface area contributed by atoms with Crippen molar-refractivity contribution in [2.75, 3.05) is 26.3 Å². The molecular formula is C16H32N2O. The summed E-state index contributed by atoms with van der Waals surface area (Å²) in [5.41, 5.74) is 0.409. The third-order valence-electron chi connectivity index (χ3n) is 5.06. The molecule has 0 aromatic heterocycles. The summed E-state index contributed by atoms with van der Waals surface area (Å²) in [5, 5.41) is 3.88. The van der Waals surface area contributed by atoms with Crippen LogP contribution in [0.2, 0.25) is 0 Å². The van der Waals surface area contributed by atoms with Crippen LogP contribution in [-0.2, 0) is 4.74 Å². The molecule has 1 heterocycles. The molecule has 19 heavy (non-hydrogen) atoms. The first-order chi connectivity index (χ1) is 9.08. The second kappa shape index (κ2) is 6.55. The van der Waals surface area contributed by atoms with Crippen LogP contribution in [-0.4, -0.2) is 48.8 Å². The molecule has 3 nitrogen and oxygen atoms in total. The Morgan fingerprint density at radius 1 is 1.26 bits per heavy atom. The summed E-state index contributed by atoms with van der Waals surface area (Å²) in [7, 11) is 0. The Kier molecular flexibility index (Phi) is 5.27. The van der Waals surface area contributed by atoms with Crippen molar-refractivity contribution in [1.29, 1.82) is 0 Å². The average Bonchev–Trinajstić information content (AvgIpc) is 2.83. The van der Waals surface area contributed by atoms with Crippen LogP contribution in [0.1, 0.15) is 53.4 Å². The molecule has 2 atom stereocenters. The van der Waals surface area contributed by atoms with E-state index in [2.05, 4.69) is 37.9 Å². The summed E-state index contributed by atoms with van der Waals surface area (Å²) in [5.74, 6) is 0.704. The van der Waals surface area contributed by atoms with E-state index >= 15 is 0 Å². The van der Waals surface area contributed by atoms with Gasteiger partial charge in [0.25, 0.3) is 0 Å². The Hall–Kier alpha value is -0.120. The van der Waals surface area contributed by atoms with Crippen molar-refractivity contribution < 1.29 is 4.74 Å². The van der Waals surface area contributed by atoms with Gasteiger partial charge in [0.1, 0.15) is 0 Å². The number of piperazine rings is 1. The summed E-state index contributed by atoms with van der Waals surface area (Å²) in [6.45, 7) is 13.2. The maximum Gasteiger partial charge on any atom is 0.0619 e. The molecule has 1 spiro atoms. The molecule has 112 valence electrons. The van der Waals surface area contributed by atoms with E-state index in [0.717, 1.165) is 19.8 Å². The van der Waals surface area contributed by atoms with Gasteiger partial charge in [-0.1, -0.05) is 26.7 Å². The van der Waals surface area contributed by atoms with Crippen LogP contribution in [0.5, 0.6) is 0 Å². The predicted octanol–water partition coefficient (Wildman–Crippen LogP) is 2.65. The molecule has 1 N–H and O–H groups in total. The maximum absolute atomic E-state index is 5.67. The van der Waals surface area contributed by atoms with Gasteiger partial charge in [0, 0.05) is 37.3 Å². The Labute approximate surface area is 119 Å². The second-order valence-electron chi connectivity index (χ2n) is 6.86. The average molecular weight is 268 g/mol. The normalized spacial score (nSPS) is 29.2. The molecule has 1 saturated carbocycles. The highest BCUT2D eigenvalue weighted by Gasteiger charge is 2.43. The van der Waals surface area contributed by atoms with Gasteiger partial charge >= 0.3 is 0 Å². The van der Waals surface area contributed by atoms with E-state index in [4.69, 9.17) is 4.74 Å². The van der Waals surface area contributed by atoms with E-state index in [-0.39, 0.29) is 0 Å². The van der Waals surface area contributed by atoms with Gasteiger partial charge in [0.05, 0.1) is 6.61 Å².